The summed E-state index contributed by atoms with van der Waals surface area (Å²) in [6.07, 6.45) is 0.780. The van der Waals surface area contributed by atoms with Crippen molar-refractivity contribution in [1.29, 1.82) is 0 Å². The number of nitrogens with zero attached hydrogens (tertiary/aromatic N) is 1. The van der Waals surface area contributed by atoms with Crippen LogP contribution in [0.5, 0.6) is 5.75 Å². The summed E-state index contributed by atoms with van der Waals surface area (Å²) in [7, 11) is 0. The predicted octanol–water partition coefficient (Wildman–Crippen LogP) is 3.36. The molecule has 0 aliphatic carbocycles. The number of halogens is 2. The Morgan fingerprint density at radius 2 is 2.22 bits per heavy atom. The molecule has 0 fully saturated rings. The third-order valence-electron chi connectivity index (χ3n) is 2.35. The molecule has 0 aliphatic rings. The number of benzene rings is 1. The van der Waals surface area contributed by atoms with Crippen molar-refractivity contribution < 1.29 is 13.9 Å². The summed E-state index contributed by atoms with van der Waals surface area (Å²) in [5, 5.41) is 0.265. The average molecular weight is 330 g/mol. The van der Waals surface area contributed by atoms with Gasteiger partial charge >= 0.3 is 0 Å². The molecular formula is C12H9BrFNO2S. The zero-order valence-corrected chi connectivity index (χ0v) is 11.8. The number of rotatable bonds is 3. The topological polar surface area (TPSA) is 39.2 Å². The molecule has 3 nitrogen and oxygen atoms in total. The molecular weight excluding hydrogens is 321 g/mol. The molecule has 0 radical (unpaired) electrons. The molecule has 1 atom stereocenters. The van der Waals surface area contributed by atoms with E-state index < -0.39 is 17.0 Å². The van der Waals surface area contributed by atoms with Crippen LogP contribution in [0.2, 0.25) is 0 Å². The molecule has 0 spiro atoms. The number of hydrogen-bond donors (Lipinski definition) is 1. The van der Waals surface area contributed by atoms with Gasteiger partial charge in [-0.2, -0.15) is 0 Å². The number of fused-ring (bicyclic) bond motifs is 1. The molecule has 94 valence electrons. The van der Waals surface area contributed by atoms with Gasteiger partial charge < -0.3 is 4.74 Å². The van der Waals surface area contributed by atoms with Crippen LogP contribution >= 0.6 is 28.6 Å². The van der Waals surface area contributed by atoms with Crippen LogP contribution in [0, 0.1) is 5.82 Å². The Hall–Kier alpha value is -1.14. The Kier molecular flexibility index (Phi) is 3.87. The van der Waals surface area contributed by atoms with Gasteiger partial charge in [0.15, 0.2) is 17.7 Å². The summed E-state index contributed by atoms with van der Waals surface area (Å²) < 4.78 is 19.7. The molecule has 18 heavy (non-hydrogen) atoms. The van der Waals surface area contributed by atoms with Crippen LogP contribution in [0.4, 0.5) is 4.39 Å². The van der Waals surface area contributed by atoms with Crippen LogP contribution in [0.1, 0.15) is 6.92 Å². The molecule has 1 aromatic carbocycles. The average Bonchev–Trinajstić information content (AvgIpc) is 2.30. The Morgan fingerprint density at radius 3 is 2.89 bits per heavy atom. The number of hydrogen-bond acceptors (Lipinski definition) is 3. The van der Waals surface area contributed by atoms with Crippen LogP contribution in [0.3, 0.4) is 0 Å². The van der Waals surface area contributed by atoms with Crippen molar-refractivity contribution >= 4 is 44.6 Å². The van der Waals surface area contributed by atoms with Gasteiger partial charge in [0.2, 0.25) is 5.12 Å². The highest BCUT2D eigenvalue weighted by Gasteiger charge is 2.14. The van der Waals surface area contributed by atoms with Crippen LogP contribution in [-0.2, 0) is 4.79 Å². The van der Waals surface area contributed by atoms with Gasteiger partial charge in [-0.3, -0.25) is 9.78 Å². The lowest BCUT2D eigenvalue weighted by atomic mass is 10.2. The smallest absolute Gasteiger partial charge is 0.226 e. The van der Waals surface area contributed by atoms with E-state index in [0.29, 0.717) is 5.52 Å². The standard InChI is InChI=1S/C12H9BrFNO2S/c1-6(12(16)18)17-11-3-7-2-8(13)5-15-10(7)4-9(11)14/h2-6H,1H3,(H,16,18). The van der Waals surface area contributed by atoms with Crippen LogP contribution in [-0.4, -0.2) is 16.2 Å². The van der Waals surface area contributed by atoms with Crippen LogP contribution < -0.4 is 4.74 Å². The Balaban J connectivity index is 2.44. The van der Waals surface area contributed by atoms with Gasteiger partial charge in [-0.25, -0.2) is 4.39 Å². The van der Waals surface area contributed by atoms with Crippen molar-refractivity contribution in [3.05, 3.63) is 34.7 Å². The van der Waals surface area contributed by atoms with Gasteiger partial charge in [0.05, 0.1) is 5.52 Å². The minimum atomic E-state index is -0.805. The van der Waals surface area contributed by atoms with Gasteiger partial charge in [-0.05, 0) is 35.0 Å². The van der Waals surface area contributed by atoms with E-state index in [0.717, 1.165) is 9.86 Å². The van der Waals surface area contributed by atoms with Crippen molar-refractivity contribution in [2.75, 3.05) is 0 Å². The molecule has 1 unspecified atom stereocenters. The monoisotopic (exact) mass is 329 g/mol. The molecule has 0 aliphatic heterocycles. The molecule has 0 bridgehead atoms. The number of carbonyl (C=O) groups is 1. The van der Waals surface area contributed by atoms with E-state index in [1.165, 1.54) is 19.1 Å². The molecule has 0 N–H and O–H groups in total. The summed E-state index contributed by atoms with van der Waals surface area (Å²) in [6.45, 7) is 1.51. The van der Waals surface area contributed by atoms with Gasteiger partial charge in [0.25, 0.3) is 0 Å². The van der Waals surface area contributed by atoms with E-state index in [2.05, 4.69) is 33.5 Å². The Bertz CT molecular complexity index is 620. The highest BCUT2D eigenvalue weighted by molar-refractivity contribution is 9.10. The van der Waals surface area contributed by atoms with Crippen molar-refractivity contribution in [1.82, 2.24) is 4.98 Å². The molecule has 1 aromatic heterocycles. The maximum atomic E-state index is 13.7. The fourth-order valence-corrected chi connectivity index (χ4v) is 1.84. The van der Waals surface area contributed by atoms with Crippen molar-refractivity contribution in [3.8, 4) is 5.75 Å². The maximum Gasteiger partial charge on any atom is 0.226 e. The lowest BCUT2D eigenvalue weighted by molar-refractivity contribution is -0.116. The summed E-state index contributed by atoms with van der Waals surface area (Å²) >= 11 is 6.93. The second kappa shape index (κ2) is 5.24. The van der Waals surface area contributed by atoms with Gasteiger partial charge in [-0.1, -0.05) is 0 Å². The van der Waals surface area contributed by atoms with Crippen LogP contribution in [0.25, 0.3) is 10.9 Å². The van der Waals surface area contributed by atoms with Gasteiger partial charge in [-0.15, -0.1) is 12.6 Å². The lowest BCUT2D eigenvalue weighted by Gasteiger charge is -2.12. The number of aromatic nitrogens is 1. The maximum absolute atomic E-state index is 13.7. The molecule has 0 amide bonds. The summed E-state index contributed by atoms with van der Waals surface area (Å²) in [5.41, 5.74) is 0.521. The molecule has 2 rings (SSSR count). The van der Waals surface area contributed by atoms with E-state index in [1.807, 2.05) is 0 Å². The zero-order chi connectivity index (χ0) is 13.3. The normalized spacial score (nSPS) is 12.4. The molecule has 6 heteroatoms. The number of pyridine rings is 1. The van der Waals surface area contributed by atoms with E-state index in [4.69, 9.17) is 4.74 Å². The summed E-state index contributed by atoms with van der Waals surface area (Å²) in [6, 6.07) is 4.57. The summed E-state index contributed by atoms with van der Waals surface area (Å²) in [4.78, 5) is 15.0. The molecule has 2 aromatic rings. The minimum Gasteiger partial charge on any atom is -0.479 e. The summed E-state index contributed by atoms with van der Waals surface area (Å²) in [5.74, 6) is -0.545. The minimum absolute atomic E-state index is 0.0114. The van der Waals surface area contributed by atoms with E-state index >= 15 is 0 Å². The largest absolute Gasteiger partial charge is 0.479 e. The highest BCUT2D eigenvalue weighted by Crippen LogP contribution is 2.26. The quantitative estimate of drug-likeness (QED) is 0.877. The van der Waals surface area contributed by atoms with E-state index in [1.54, 1.807) is 12.3 Å². The second-order valence-electron chi connectivity index (χ2n) is 3.73. The Morgan fingerprint density at radius 1 is 1.50 bits per heavy atom. The first-order valence-corrected chi connectivity index (χ1v) is 6.35. The number of ether oxygens (including phenoxy) is 1. The first-order valence-electron chi connectivity index (χ1n) is 5.11. The van der Waals surface area contributed by atoms with E-state index in [-0.39, 0.29) is 5.75 Å². The fourth-order valence-electron chi connectivity index (χ4n) is 1.43. The van der Waals surface area contributed by atoms with Crippen molar-refractivity contribution in [3.63, 3.8) is 0 Å². The molecule has 0 saturated carbocycles. The third-order valence-corrected chi connectivity index (χ3v) is 3.15. The predicted molar refractivity (Wildman–Crippen MR) is 73.5 cm³/mol. The van der Waals surface area contributed by atoms with Crippen molar-refractivity contribution in [2.45, 2.75) is 13.0 Å². The first-order chi connectivity index (χ1) is 8.47. The van der Waals surface area contributed by atoms with Gasteiger partial charge in [0.1, 0.15) is 0 Å². The van der Waals surface area contributed by atoms with E-state index in [9.17, 15) is 9.18 Å². The van der Waals surface area contributed by atoms with Crippen LogP contribution in [0.15, 0.2) is 28.9 Å². The number of thiol groups is 1. The second-order valence-corrected chi connectivity index (χ2v) is 5.08. The van der Waals surface area contributed by atoms with Crippen molar-refractivity contribution in [2.24, 2.45) is 0 Å². The molecule has 1 heterocycles. The third kappa shape index (κ3) is 2.81. The zero-order valence-electron chi connectivity index (χ0n) is 9.35. The molecule has 0 saturated heterocycles. The fraction of sp³-hybridized carbons (Fsp3) is 0.167. The number of carbonyl (C=O) groups excluding carboxylic acids is 1. The van der Waals surface area contributed by atoms with Gasteiger partial charge in [0, 0.05) is 22.1 Å². The SMILES string of the molecule is CC(Oc1cc2cc(Br)cnc2cc1F)C(=O)S. The lowest BCUT2D eigenvalue weighted by Crippen LogP contribution is -2.19. The first kappa shape index (κ1) is 13.3. The highest BCUT2D eigenvalue weighted by atomic mass is 79.9. The Labute approximate surface area is 117 Å².